The first-order valence-corrected chi connectivity index (χ1v) is 8.69. The lowest BCUT2D eigenvalue weighted by Gasteiger charge is -2.09. The number of nitrogens with zero attached hydrogens (tertiary/aromatic N) is 2. The van der Waals surface area contributed by atoms with E-state index in [4.69, 9.17) is 5.73 Å². The van der Waals surface area contributed by atoms with Crippen molar-refractivity contribution in [3.8, 4) is 0 Å². The van der Waals surface area contributed by atoms with Gasteiger partial charge in [0.25, 0.3) is 5.91 Å². The number of anilines is 1. The van der Waals surface area contributed by atoms with Crippen LogP contribution >= 0.6 is 0 Å². The summed E-state index contributed by atoms with van der Waals surface area (Å²) in [7, 11) is 0. The van der Waals surface area contributed by atoms with E-state index < -0.39 is 0 Å². The van der Waals surface area contributed by atoms with Crippen LogP contribution in [0.5, 0.6) is 0 Å². The van der Waals surface area contributed by atoms with Crippen LogP contribution in [0.2, 0.25) is 0 Å². The van der Waals surface area contributed by atoms with Crippen LogP contribution in [0.4, 0.5) is 5.69 Å². The highest BCUT2D eigenvalue weighted by atomic mass is 16.2. The fourth-order valence-electron chi connectivity index (χ4n) is 2.93. The molecule has 0 saturated carbocycles. The van der Waals surface area contributed by atoms with Crippen LogP contribution in [-0.4, -0.2) is 21.6 Å². The first kappa shape index (κ1) is 18.4. The lowest BCUT2D eigenvalue weighted by molar-refractivity contribution is -0.117. The number of benzene rings is 2. The average molecular weight is 362 g/mol. The maximum atomic E-state index is 12.5. The Kier molecular flexibility index (Phi) is 5.35. The summed E-state index contributed by atoms with van der Waals surface area (Å²) in [4.78, 5) is 23.5. The zero-order chi connectivity index (χ0) is 19.4. The predicted molar refractivity (Wildman–Crippen MR) is 105 cm³/mol. The number of aromatic nitrogens is 2. The molecule has 3 rings (SSSR count). The summed E-state index contributed by atoms with van der Waals surface area (Å²) in [6.45, 7) is 4.59. The van der Waals surface area contributed by atoms with Crippen molar-refractivity contribution in [1.82, 2.24) is 9.78 Å². The number of amides is 2. The van der Waals surface area contributed by atoms with Gasteiger partial charge in [0.1, 0.15) is 0 Å². The van der Waals surface area contributed by atoms with Crippen LogP contribution in [0.1, 0.15) is 32.9 Å². The topological polar surface area (TPSA) is 90.0 Å². The summed E-state index contributed by atoms with van der Waals surface area (Å²) in [6, 6.07) is 16.6. The Bertz CT molecular complexity index is 974. The maximum absolute atomic E-state index is 12.5. The number of carbonyl (C=O) groups excluding carboxylic acids is 2. The van der Waals surface area contributed by atoms with Crippen molar-refractivity contribution < 1.29 is 9.59 Å². The van der Waals surface area contributed by atoms with E-state index in [0.29, 0.717) is 17.8 Å². The average Bonchev–Trinajstić information content (AvgIpc) is 2.93. The highest BCUT2D eigenvalue weighted by molar-refractivity contribution is 6.04. The summed E-state index contributed by atoms with van der Waals surface area (Å²) < 4.78 is 1.92. The van der Waals surface area contributed by atoms with Crippen LogP contribution in [0.25, 0.3) is 0 Å². The van der Waals surface area contributed by atoms with E-state index in [1.807, 2.05) is 42.8 Å². The molecule has 3 aromatic rings. The van der Waals surface area contributed by atoms with Gasteiger partial charge in [0.15, 0.2) is 0 Å². The number of aryl methyl sites for hydroxylation is 2. The zero-order valence-electron chi connectivity index (χ0n) is 15.4. The summed E-state index contributed by atoms with van der Waals surface area (Å²) in [5.74, 6) is -0.570. The van der Waals surface area contributed by atoms with Gasteiger partial charge in [-0.1, -0.05) is 24.3 Å². The molecule has 27 heavy (non-hydrogen) atoms. The molecule has 1 heterocycles. The molecule has 2 aromatic carbocycles. The molecule has 3 N–H and O–H groups in total. The Labute approximate surface area is 158 Å². The Morgan fingerprint density at radius 3 is 2.41 bits per heavy atom. The predicted octanol–water partition coefficient (Wildman–Crippen LogP) is 2.83. The fraction of sp³-hybridized carbons (Fsp3) is 0.190. The van der Waals surface area contributed by atoms with Gasteiger partial charge in [-0.3, -0.25) is 14.3 Å². The standard InChI is InChI=1S/C21H22N4O2/c1-14-10-15(2)25(24-14)13-17-4-3-5-18(11-17)21(27)23-19-8-6-16(7-9-19)12-20(22)26/h3-11H,12-13H2,1-2H3,(H2,22,26)(H,23,27). The molecule has 1 aromatic heterocycles. The minimum Gasteiger partial charge on any atom is -0.369 e. The van der Waals surface area contributed by atoms with Crippen molar-refractivity contribution >= 4 is 17.5 Å². The zero-order valence-corrected chi connectivity index (χ0v) is 15.4. The number of nitrogens with one attached hydrogen (secondary N) is 1. The first-order chi connectivity index (χ1) is 12.9. The second-order valence-corrected chi connectivity index (χ2v) is 6.58. The van der Waals surface area contributed by atoms with E-state index in [0.717, 1.165) is 22.5 Å². The van der Waals surface area contributed by atoms with E-state index in [1.54, 1.807) is 30.3 Å². The molecule has 6 heteroatoms. The fourth-order valence-corrected chi connectivity index (χ4v) is 2.93. The molecule has 0 aliphatic carbocycles. The minimum absolute atomic E-state index is 0.183. The van der Waals surface area contributed by atoms with Gasteiger partial charge in [-0.05, 0) is 55.3 Å². The lowest BCUT2D eigenvalue weighted by atomic mass is 10.1. The van der Waals surface area contributed by atoms with E-state index in [1.165, 1.54) is 0 Å². The number of nitrogens with two attached hydrogens (primary N) is 1. The normalized spacial score (nSPS) is 10.6. The smallest absolute Gasteiger partial charge is 0.255 e. The lowest BCUT2D eigenvalue weighted by Crippen LogP contribution is -2.14. The van der Waals surface area contributed by atoms with Gasteiger partial charge in [-0.25, -0.2) is 0 Å². The molecule has 2 amide bonds. The van der Waals surface area contributed by atoms with Crippen LogP contribution in [0, 0.1) is 13.8 Å². The summed E-state index contributed by atoms with van der Waals surface area (Å²) in [5.41, 5.74) is 10.3. The third-order valence-electron chi connectivity index (χ3n) is 4.22. The number of hydrogen-bond donors (Lipinski definition) is 2. The summed E-state index contributed by atoms with van der Waals surface area (Å²) in [5, 5.41) is 7.33. The van der Waals surface area contributed by atoms with Crippen molar-refractivity contribution in [3.05, 3.63) is 82.7 Å². The summed E-state index contributed by atoms with van der Waals surface area (Å²) in [6.07, 6.45) is 0.183. The highest BCUT2D eigenvalue weighted by Gasteiger charge is 2.09. The number of rotatable bonds is 6. The number of carbonyl (C=O) groups is 2. The van der Waals surface area contributed by atoms with E-state index in [2.05, 4.69) is 10.4 Å². The van der Waals surface area contributed by atoms with Gasteiger partial charge in [0.05, 0.1) is 18.7 Å². The van der Waals surface area contributed by atoms with Gasteiger partial charge in [0, 0.05) is 16.9 Å². The molecule has 0 aliphatic rings. The van der Waals surface area contributed by atoms with Crippen molar-refractivity contribution in [2.75, 3.05) is 5.32 Å². The Balaban J connectivity index is 1.69. The van der Waals surface area contributed by atoms with Crippen molar-refractivity contribution in [2.24, 2.45) is 5.73 Å². The van der Waals surface area contributed by atoms with E-state index >= 15 is 0 Å². The molecule has 138 valence electrons. The first-order valence-electron chi connectivity index (χ1n) is 8.69. The molecule has 0 bridgehead atoms. The molecule has 6 nitrogen and oxygen atoms in total. The number of primary amides is 1. The maximum Gasteiger partial charge on any atom is 0.255 e. The number of hydrogen-bond acceptors (Lipinski definition) is 3. The quantitative estimate of drug-likeness (QED) is 0.706. The Morgan fingerprint density at radius 1 is 1.04 bits per heavy atom. The monoisotopic (exact) mass is 362 g/mol. The van der Waals surface area contributed by atoms with Gasteiger partial charge in [0.2, 0.25) is 5.91 Å². The highest BCUT2D eigenvalue weighted by Crippen LogP contribution is 2.14. The Morgan fingerprint density at radius 2 is 1.78 bits per heavy atom. The molecular weight excluding hydrogens is 340 g/mol. The van der Waals surface area contributed by atoms with Crippen LogP contribution in [0.3, 0.4) is 0 Å². The molecule has 0 unspecified atom stereocenters. The second kappa shape index (κ2) is 7.86. The molecular formula is C21H22N4O2. The molecule has 0 fully saturated rings. The Hall–Kier alpha value is -3.41. The largest absolute Gasteiger partial charge is 0.369 e. The van der Waals surface area contributed by atoms with Gasteiger partial charge in [-0.15, -0.1) is 0 Å². The van der Waals surface area contributed by atoms with E-state index in [-0.39, 0.29) is 18.2 Å². The van der Waals surface area contributed by atoms with Crippen molar-refractivity contribution in [1.29, 1.82) is 0 Å². The van der Waals surface area contributed by atoms with Crippen LogP contribution in [-0.2, 0) is 17.8 Å². The third kappa shape index (κ3) is 4.82. The minimum atomic E-state index is -0.383. The molecule has 0 atom stereocenters. The third-order valence-corrected chi connectivity index (χ3v) is 4.22. The second-order valence-electron chi connectivity index (χ2n) is 6.58. The molecule has 0 aliphatic heterocycles. The molecule has 0 saturated heterocycles. The van der Waals surface area contributed by atoms with Gasteiger partial charge in [-0.2, -0.15) is 5.10 Å². The SMILES string of the molecule is Cc1cc(C)n(Cc2cccc(C(=O)Nc3ccc(CC(N)=O)cc3)c2)n1. The van der Waals surface area contributed by atoms with Crippen molar-refractivity contribution in [2.45, 2.75) is 26.8 Å². The van der Waals surface area contributed by atoms with E-state index in [9.17, 15) is 9.59 Å². The van der Waals surface area contributed by atoms with Gasteiger partial charge >= 0.3 is 0 Å². The molecule has 0 spiro atoms. The van der Waals surface area contributed by atoms with Gasteiger partial charge < -0.3 is 11.1 Å². The summed E-state index contributed by atoms with van der Waals surface area (Å²) >= 11 is 0. The van der Waals surface area contributed by atoms with Crippen molar-refractivity contribution in [3.63, 3.8) is 0 Å². The molecule has 0 radical (unpaired) electrons. The van der Waals surface area contributed by atoms with Crippen LogP contribution < -0.4 is 11.1 Å². The van der Waals surface area contributed by atoms with Crippen LogP contribution in [0.15, 0.2) is 54.6 Å².